The van der Waals surface area contributed by atoms with Gasteiger partial charge < -0.3 is 5.32 Å². The normalized spacial score (nSPS) is 11.1. The van der Waals surface area contributed by atoms with Crippen LogP contribution in [0.5, 0.6) is 0 Å². The molecular weight excluding hydrogens is 427 g/mol. The predicted octanol–water partition coefficient (Wildman–Crippen LogP) is 6.47. The molecule has 0 bridgehead atoms. The number of aryl methyl sites for hydroxylation is 2. The summed E-state index contributed by atoms with van der Waals surface area (Å²) >= 11 is 0. The zero-order chi connectivity index (χ0) is 23.2. The molecular formula is C24H15F5N2O. The molecule has 3 nitrogen and oxygen atoms in total. The number of para-hydroxylation sites is 1. The second kappa shape index (κ2) is 8.03. The maximum atomic E-state index is 14.1. The highest BCUT2D eigenvalue weighted by Crippen LogP contribution is 2.30. The molecule has 3 aromatic carbocycles. The second-order valence-corrected chi connectivity index (χ2v) is 7.29. The molecule has 0 unspecified atom stereocenters. The number of pyridine rings is 1. The summed E-state index contributed by atoms with van der Waals surface area (Å²) in [7, 11) is 0. The summed E-state index contributed by atoms with van der Waals surface area (Å²) in [5.74, 6) is -11.9. The quantitative estimate of drug-likeness (QED) is 0.225. The van der Waals surface area contributed by atoms with Gasteiger partial charge in [-0.3, -0.25) is 4.79 Å². The van der Waals surface area contributed by atoms with Crippen molar-refractivity contribution in [3.8, 4) is 11.3 Å². The maximum absolute atomic E-state index is 14.1. The van der Waals surface area contributed by atoms with E-state index in [0.29, 0.717) is 16.6 Å². The van der Waals surface area contributed by atoms with E-state index in [9.17, 15) is 26.7 Å². The van der Waals surface area contributed by atoms with E-state index in [0.717, 1.165) is 16.7 Å². The van der Waals surface area contributed by atoms with E-state index in [-0.39, 0.29) is 5.56 Å². The number of anilines is 1. The van der Waals surface area contributed by atoms with Crippen LogP contribution in [0.3, 0.4) is 0 Å². The molecule has 1 heterocycles. The molecule has 4 rings (SSSR count). The van der Waals surface area contributed by atoms with Crippen molar-refractivity contribution in [2.75, 3.05) is 5.32 Å². The molecule has 1 N–H and O–H groups in total. The summed E-state index contributed by atoms with van der Waals surface area (Å²) in [5.41, 5.74) is 2.04. The Kier molecular flexibility index (Phi) is 5.38. The van der Waals surface area contributed by atoms with Crippen molar-refractivity contribution in [2.24, 2.45) is 0 Å². The van der Waals surface area contributed by atoms with Gasteiger partial charge in [-0.2, -0.15) is 0 Å². The minimum absolute atomic E-state index is 0.0329. The Morgan fingerprint density at radius 2 is 1.44 bits per heavy atom. The van der Waals surface area contributed by atoms with Gasteiger partial charge in [-0.05, 0) is 31.5 Å². The van der Waals surface area contributed by atoms with Crippen molar-refractivity contribution in [3.05, 3.63) is 94.3 Å². The van der Waals surface area contributed by atoms with E-state index in [1.807, 2.05) is 37.4 Å². The number of benzene rings is 3. The van der Waals surface area contributed by atoms with Gasteiger partial charge in [-0.25, -0.2) is 26.9 Å². The Bertz CT molecular complexity index is 1370. The van der Waals surface area contributed by atoms with Gasteiger partial charge >= 0.3 is 0 Å². The third kappa shape index (κ3) is 3.57. The fourth-order valence-electron chi connectivity index (χ4n) is 3.50. The minimum atomic E-state index is -2.30. The minimum Gasteiger partial charge on any atom is -0.317 e. The average Bonchev–Trinajstić information content (AvgIpc) is 2.78. The van der Waals surface area contributed by atoms with Crippen molar-refractivity contribution < 1.29 is 26.7 Å². The van der Waals surface area contributed by atoms with Gasteiger partial charge in [0.25, 0.3) is 5.91 Å². The monoisotopic (exact) mass is 442 g/mol. The molecule has 0 fully saturated rings. The summed E-state index contributed by atoms with van der Waals surface area (Å²) in [6, 6.07) is 13.6. The number of nitrogens with one attached hydrogen (secondary N) is 1. The van der Waals surface area contributed by atoms with Crippen LogP contribution in [0.25, 0.3) is 22.2 Å². The third-order valence-electron chi connectivity index (χ3n) is 5.07. The van der Waals surface area contributed by atoms with E-state index < -0.39 is 40.7 Å². The molecule has 4 aromatic rings. The van der Waals surface area contributed by atoms with E-state index in [1.54, 1.807) is 24.3 Å². The maximum Gasteiger partial charge on any atom is 0.256 e. The summed E-state index contributed by atoms with van der Waals surface area (Å²) in [6.07, 6.45) is 0. The molecule has 0 aliphatic heterocycles. The topological polar surface area (TPSA) is 42.0 Å². The first-order chi connectivity index (χ1) is 15.2. The molecule has 1 aromatic heterocycles. The van der Waals surface area contributed by atoms with Gasteiger partial charge in [0, 0.05) is 10.9 Å². The van der Waals surface area contributed by atoms with Crippen LogP contribution < -0.4 is 5.32 Å². The van der Waals surface area contributed by atoms with E-state index >= 15 is 0 Å². The fourth-order valence-corrected chi connectivity index (χ4v) is 3.50. The smallest absolute Gasteiger partial charge is 0.256 e. The van der Waals surface area contributed by atoms with Gasteiger partial charge in [-0.15, -0.1) is 0 Å². The largest absolute Gasteiger partial charge is 0.317 e. The first-order valence-electron chi connectivity index (χ1n) is 9.49. The second-order valence-electron chi connectivity index (χ2n) is 7.29. The van der Waals surface area contributed by atoms with Gasteiger partial charge in [0.1, 0.15) is 5.69 Å². The molecule has 0 radical (unpaired) electrons. The molecule has 0 saturated carbocycles. The van der Waals surface area contributed by atoms with Gasteiger partial charge in [0.15, 0.2) is 23.3 Å². The molecule has 162 valence electrons. The summed E-state index contributed by atoms with van der Waals surface area (Å²) in [5, 5.41) is 2.18. The van der Waals surface area contributed by atoms with E-state index in [2.05, 4.69) is 4.98 Å². The van der Waals surface area contributed by atoms with Crippen molar-refractivity contribution >= 4 is 22.5 Å². The summed E-state index contributed by atoms with van der Waals surface area (Å²) in [4.78, 5) is 17.5. The Morgan fingerprint density at radius 3 is 2.09 bits per heavy atom. The highest BCUT2D eigenvalue weighted by atomic mass is 19.2. The average molecular weight is 442 g/mol. The zero-order valence-electron chi connectivity index (χ0n) is 16.9. The zero-order valence-corrected chi connectivity index (χ0v) is 16.9. The molecule has 0 spiro atoms. The van der Waals surface area contributed by atoms with Crippen LogP contribution in [0, 0.1) is 42.9 Å². The van der Waals surface area contributed by atoms with Gasteiger partial charge in [-0.1, -0.05) is 42.0 Å². The number of hydrogen-bond donors (Lipinski definition) is 1. The Hall–Kier alpha value is -3.81. The van der Waals surface area contributed by atoms with Gasteiger partial charge in [0.05, 0.1) is 16.8 Å². The SMILES string of the molecule is Cc1ccc(-c2cc(C(=O)Nc3c(F)c(F)c(F)c(F)c3F)c3ccccc3n2)c(C)c1. The van der Waals surface area contributed by atoms with Crippen LogP contribution in [0.1, 0.15) is 21.5 Å². The Balaban J connectivity index is 1.87. The lowest BCUT2D eigenvalue weighted by Crippen LogP contribution is -2.17. The lowest BCUT2D eigenvalue weighted by Gasteiger charge is -2.13. The van der Waals surface area contributed by atoms with Crippen LogP contribution in [0.2, 0.25) is 0 Å². The van der Waals surface area contributed by atoms with Crippen molar-refractivity contribution in [3.63, 3.8) is 0 Å². The number of halogens is 5. The van der Waals surface area contributed by atoms with E-state index in [4.69, 9.17) is 0 Å². The van der Waals surface area contributed by atoms with Crippen LogP contribution >= 0.6 is 0 Å². The summed E-state index contributed by atoms with van der Waals surface area (Å²) < 4.78 is 68.6. The third-order valence-corrected chi connectivity index (χ3v) is 5.07. The summed E-state index contributed by atoms with van der Waals surface area (Å²) in [6.45, 7) is 3.79. The molecule has 32 heavy (non-hydrogen) atoms. The highest BCUT2D eigenvalue weighted by molar-refractivity contribution is 6.13. The van der Waals surface area contributed by atoms with Crippen LogP contribution in [0.4, 0.5) is 27.6 Å². The lowest BCUT2D eigenvalue weighted by atomic mass is 9.99. The molecule has 8 heteroatoms. The first kappa shape index (κ1) is 21.4. The molecule has 0 aliphatic rings. The van der Waals surface area contributed by atoms with Crippen molar-refractivity contribution in [1.29, 1.82) is 0 Å². The molecule has 0 saturated heterocycles. The number of amides is 1. The van der Waals surface area contributed by atoms with Crippen LogP contribution in [-0.2, 0) is 0 Å². The van der Waals surface area contributed by atoms with E-state index in [1.165, 1.54) is 6.07 Å². The molecule has 0 aliphatic carbocycles. The predicted molar refractivity (Wildman–Crippen MR) is 111 cm³/mol. The van der Waals surface area contributed by atoms with Crippen molar-refractivity contribution in [1.82, 2.24) is 4.98 Å². The number of carbonyl (C=O) groups is 1. The number of carbonyl (C=O) groups excluding carboxylic acids is 1. The van der Waals surface area contributed by atoms with Crippen LogP contribution in [-0.4, -0.2) is 10.9 Å². The standard InChI is InChI=1S/C24H15F5N2O/c1-11-7-8-13(12(2)9-11)17-10-15(14-5-3-4-6-16(14)30-17)24(32)31-23-21(28)19(26)18(25)20(27)22(23)29/h3-10H,1-2H3,(H,31,32). The van der Waals surface area contributed by atoms with Gasteiger partial charge in [0.2, 0.25) is 5.82 Å². The fraction of sp³-hybridized carbons (Fsp3) is 0.0833. The number of nitrogens with zero attached hydrogens (tertiary/aromatic N) is 1. The highest BCUT2D eigenvalue weighted by Gasteiger charge is 2.27. The number of aromatic nitrogens is 1. The molecule has 0 atom stereocenters. The van der Waals surface area contributed by atoms with Crippen LogP contribution in [0.15, 0.2) is 48.5 Å². The number of fused-ring (bicyclic) bond motifs is 1. The Morgan fingerprint density at radius 1 is 0.812 bits per heavy atom. The Labute approximate surface area is 179 Å². The first-order valence-corrected chi connectivity index (χ1v) is 9.49. The van der Waals surface area contributed by atoms with Crippen molar-refractivity contribution in [2.45, 2.75) is 13.8 Å². The number of rotatable bonds is 3. The number of hydrogen-bond acceptors (Lipinski definition) is 2. The lowest BCUT2D eigenvalue weighted by molar-refractivity contribution is 0.102. The molecule has 1 amide bonds.